The summed E-state index contributed by atoms with van der Waals surface area (Å²) in [6.45, 7) is 2.44. The van der Waals surface area contributed by atoms with Crippen LogP contribution < -0.4 is 5.73 Å². The van der Waals surface area contributed by atoms with Gasteiger partial charge in [-0.25, -0.2) is 4.98 Å². The van der Waals surface area contributed by atoms with Crippen LogP contribution >= 0.6 is 0 Å². The van der Waals surface area contributed by atoms with Crippen molar-refractivity contribution in [3.8, 4) is 11.3 Å². The topological polar surface area (TPSA) is 52.0 Å². The van der Waals surface area contributed by atoms with Crippen molar-refractivity contribution in [2.45, 2.75) is 13.5 Å². The van der Waals surface area contributed by atoms with Crippen molar-refractivity contribution in [1.82, 2.24) is 4.98 Å². The Kier molecular flexibility index (Phi) is 2.33. The quantitative estimate of drug-likeness (QED) is 0.785. The summed E-state index contributed by atoms with van der Waals surface area (Å²) in [4.78, 5) is 4.06. The number of hydrogen-bond donors (Lipinski definition) is 1. The average molecular weight is 188 g/mol. The number of rotatable bonds is 2. The molecule has 1 aromatic carbocycles. The highest BCUT2D eigenvalue weighted by Gasteiger charge is 2.10. The van der Waals surface area contributed by atoms with Gasteiger partial charge in [0.2, 0.25) is 0 Å². The first-order valence-electron chi connectivity index (χ1n) is 4.51. The summed E-state index contributed by atoms with van der Waals surface area (Å²) in [5.74, 6) is 0.783. The smallest absolute Gasteiger partial charge is 0.181 e. The van der Waals surface area contributed by atoms with E-state index in [0.717, 1.165) is 17.0 Å². The minimum absolute atomic E-state index is 0.403. The number of benzene rings is 1. The predicted octanol–water partition coefficient (Wildman–Crippen LogP) is 2.11. The van der Waals surface area contributed by atoms with E-state index in [2.05, 4.69) is 4.98 Å². The molecule has 0 saturated heterocycles. The van der Waals surface area contributed by atoms with Crippen LogP contribution in [0.3, 0.4) is 0 Å². The molecule has 0 fully saturated rings. The fourth-order valence-electron chi connectivity index (χ4n) is 1.46. The highest BCUT2D eigenvalue weighted by molar-refractivity contribution is 5.63. The number of nitrogens with two attached hydrogens (primary N) is 1. The molecule has 1 aromatic heterocycles. The molecule has 0 unspecified atom stereocenters. The van der Waals surface area contributed by atoms with Crippen LogP contribution in [0.15, 0.2) is 35.1 Å². The lowest BCUT2D eigenvalue weighted by Crippen LogP contribution is -1.98. The molecule has 3 heteroatoms. The van der Waals surface area contributed by atoms with Crippen LogP contribution in [0.25, 0.3) is 11.3 Å². The van der Waals surface area contributed by atoms with Gasteiger partial charge in [-0.3, -0.25) is 0 Å². The second-order valence-corrected chi connectivity index (χ2v) is 3.15. The zero-order valence-electron chi connectivity index (χ0n) is 8.03. The first kappa shape index (κ1) is 8.97. The molecule has 0 aliphatic rings. The molecule has 0 aliphatic heterocycles. The Morgan fingerprint density at radius 2 is 2.14 bits per heavy atom. The van der Waals surface area contributed by atoms with E-state index in [0.29, 0.717) is 6.54 Å². The van der Waals surface area contributed by atoms with Crippen molar-refractivity contribution in [2.75, 3.05) is 0 Å². The van der Waals surface area contributed by atoms with Gasteiger partial charge in [0.25, 0.3) is 0 Å². The summed E-state index contributed by atoms with van der Waals surface area (Å²) in [7, 11) is 0. The number of oxazole rings is 1. The maximum Gasteiger partial charge on any atom is 0.181 e. The molecule has 2 rings (SSSR count). The Hall–Kier alpha value is -1.61. The summed E-state index contributed by atoms with van der Waals surface area (Å²) in [5, 5.41) is 0. The standard InChI is InChI=1S/C11H12N2O/c1-8-4-2-3-5-9(8)11-10(6-12)13-7-14-11/h2-5,7H,6,12H2,1H3. The highest BCUT2D eigenvalue weighted by atomic mass is 16.3. The largest absolute Gasteiger partial charge is 0.443 e. The van der Waals surface area contributed by atoms with E-state index < -0.39 is 0 Å². The summed E-state index contributed by atoms with van der Waals surface area (Å²) in [6, 6.07) is 8.02. The monoisotopic (exact) mass is 188 g/mol. The number of hydrogen-bond acceptors (Lipinski definition) is 3. The van der Waals surface area contributed by atoms with Crippen molar-refractivity contribution in [1.29, 1.82) is 0 Å². The third-order valence-electron chi connectivity index (χ3n) is 2.22. The summed E-state index contributed by atoms with van der Waals surface area (Å²) >= 11 is 0. The molecule has 2 N–H and O–H groups in total. The molecule has 0 radical (unpaired) electrons. The van der Waals surface area contributed by atoms with Crippen molar-refractivity contribution < 1.29 is 4.42 Å². The van der Waals surface area contributed by atoms with Crippen LogP contribution in [-0.4, -0.2) is 4.98 Å². The van der Waals surface area contributed by atoms with Crippen molar-refractivity contribution in [3.05, 3.63) is 41.9 Å². The lowest BCUT2D eigenvalue weighted by Gasteiger charge is -2.02. The van der Waals surface area contributed by atoms with Gasteiger partial charge in [0.05, 0.1) is 0 Å². The Morgan fingerprint density at radius 3 is 2.86 bits per heavy atom. The van der Waals surface area contributed by atoms with Gasteiger partial charge in [0.15, 0.2) is 12.2 Å². The van der Waals surface area contributed by atoms with Crippen LogP contribution in [-0.2, 0) is 6.54 Å². The van der Waals surface area contributed by atoms with Crippen molar-refractivity contribution in [2.24, 2.45) is 5.73 Å². The van der Waals surface area contributed by atoms with Crippen molar-refractivity contribution in [3.63, 3.8) is 0 Å². The molecule has 0 atom stereocenters. The molecule has 3 nitrogen and oxygen atoms in total. The van der Waals surface area contributed by atoms with Gasteiger partial charge >= 0.3 is 0 Å². The highest BCUT2D eigenvalue weighted by Crippen LogP contribution is 2.25. The predicted molar refractivity (Wildman–Crippen MR) is 54.6 cm³/mol. The first-order chi connectivity index (χ1) is 6.83. The fraction of sp³-hybridized carbons (Fsp3) is 0.182. The molecule has 14 heavy (non-hydrogen) atoms. The Balaban J connectivity index is 2.54. The SMILES string of the molecule is Cc1ccccc1-c1ocnc1CN. The third-order valence-corrected chi connectivity index (χ3v) is 2.22. The minimum Gasteiger partial charge on any atom is -0.443 e. The Bertz CT molecular complexity index is 434. The van der Waals surface area contributed by atoms with Crippen LogP contribution in [0.2, 0.25) is 0 Å². The third kappa shape index (κ3) is 1.42. The summed E-state index contributed by atoms with van der Waals surface area (Å²) in [6.07, 6.45) is 1.43. The van der Waals surface area contributed by atoms with Crippen LogP contribution in [0.5, 0.6) is 0 Å². The molecular formula is C11H12N2O. The van der Waals surface area contributed by atoms with Crippen LogP contribution in [0.4, 0.5) is 0 Å². The maximum absolute atomic E-state index is 5.56. The average Bonchev–Trinajstić information content (AvgIpc) is 2.66. The molecule has 1 heterocycles. The van der Waals surface area contributed by atoms with E-state index in [-0.39, 0.29) is 0 Å². The minimum atomic E-state index is 0.403. The van der Waals surface area contributed by atoms with Crippen LogP contribution in [0, 0.1) is 6.92 Å². The molecule has 0 aliphatic carbocycles. The fourth-order valence-corrected chi connectivity index (χ4v) is 1.46. The molecule has 0 saturated carbocycles. The summed E-state index contributed by atoms with van der Waals surface area (Å²) in [5.41, 5.74) is 8.59. The normalized spacial score (nSPS) is 10.4. The van der Waals surface area contributed by atoms with E-state index in [1.807, 2.05) is 31.2 Å². The van der Waals surface area contributed by atoms with Gasteiger partial charge in [-0.2, -0.15) is 0 Å². The lowest BCUT2D eigenvalue weighted by atomic mass is 10.1. The number of aromatic nitrogens is 1. The van der Waals surface area contributed by atoms with E-state index in [9.17, 15) is 0 Å². The second-order valence-electron chi connectivity index (χ2n) is 3.15. The van der Waals surface area contributed by atoms with E-state index in [1.54, 1.807) is 0 Å². The molecular weight excluding hydrogens is 176 g/mol. The zero-order chi connectivity index (χ0) is 9.97. The lowest BCUT2D eigenvalue weighted by molar-refractivity contribution is 0.570. The molecule has 72 valence electrons. The molecule has 0 amide bonds. The van der Waals surface area contributed by atoms with Gasteiger partial charge < -0.3 is 10.2 Å². The maximum atomic E-state index is 5.56. The van der Waals surface area contributed by atoms with Gasteiger partial charge in [-0.15, -0.1) is 0 Å². The number of nitrogens with zero attached hydrogens (tertiary/aromatic N) is 1. The van der Waals surface area contributed by atoms with E-state index in [1.165, 1.54) is 12.0 Å². The van der Waals surface area contributed by atoms with E-state index in [4.69, 9.17) is 10.2 Å². The molecule has 2 aromatic rings. The zero-order valence-corrected chi connectivity index (χ0v) is 8.03. The van der Waals surface area contributed by atoms with E-state index >= 15 is 0 Å². The summed E-state index contributed by atoms with van der Waals surface area (Å²) < 4.78 is 5.33. The van der Waals surface area contributed by atoms with Gasteiger partial charge in [0.1, 0.15) is 5.69 Å². The van der Waals surface area contributed by atoms with Gasteiger partial charge in [-0.1, -0.05) is 24.3 Å². The van der Waals surface area contributed by atoms with Crippen LogP contribution in [0.1, 0.15) is 11.3 Å². The van der Waals surface area contributed by atoms with Gasteiger partial charge in [0, 0.05) is 12.1 Å². The number of aryl methyl sites for hydroxylation is 1. The Labute approximate surface area is 82.6 Å². The first-order valence-corrected chi connectivity index (χ1v) is 4.51. The molecule has 0 spiro atoms. The Morgan fingerprint density at radius 1 is 1.36 bits per heavy atom. The van der Waals surface area contributed by atoms with Crippen molar-refractivity contribution >= 4 is 0 Å². The van der Waals surface area contributed by atoms with Gasteiger partial charge in [-0.05, 0) is 12.5 Å². The second kappa shape index (κ2) is 3.64. The molecule has 0 bridgehead atoms.